The predicted octanol–water partition coefficient (Wildman–Crippen LogP) is 5.18. The Bertz CT molecular complexity index is 863. The molecule has 142 valence electrons. The van der Waals surface area contributed by atoms with Crippen molar-refractivity contribution in [3.63, 3.8) is 0 Å². The van der Waals surface area contributed by atoms with E-state index in [9.17, 15) is 18.0 Å². The Morgan fingerprint density at radius 3 is 2.74 bits per heavy atom. The van der Waals surface area contributed by atoms with Crippen molar-refractivity contribution in [1.82, 2.24) is 5.32 Å². The second-order valence-corrected chi connectivity index (χ2v) is 6.89. The van der Waals surface area contributed by atoms with Crippen LogP contribution in [-0.2, 0) is 11.0 Å². The summed E-state index contributed by atoms with van der Waals surface area (Å²) in [6, 6.07) is 2.47. The largest absolute Gasteiger partial charge is 0.416 e. The van der Waals surface area contributed by atoms with Gasteiger partial charge < -0.3 is 5.32 Å². The molecule has 3 rings (SSSR count). The van der Waals surface area contributed by atoms with E-state index in [4.69, 9.17) is 0 Å². The van der Waals surface area contributed by atoms with Gasteiger partial charge in [-0.25, -0.2) is 4.99 Å². The van der Waals surface area contributed by atoms with Crippen LogP contribution in [0.5, 0.6) is 0 Å². The molecule has 1 saturated carbocycles. The molecule has 0 heterocycles. The summed E-state index contributed by atoms with van der Waals surface area (Å²) in [4.78, 5) is 16.4. The zero-order valence-electron chi connectivity index (χ0n) is 15.2. The van der Waals surface area contributed by atoms with Gasteiger partial charge in [0.15, 0.2) is 0 Å². The molecule has 0 aliphatic heterocycles. The monoisotopic (exact) mass is 374 g/mol. The highest BCUT2D eigenvalue weighted by Gasteiger charge is 2.44. The number of nitrogens with zero attached hydrogens (tertiary/aromatic N) is 1. The van der Waals surface area contributed by atoms with Crippen molar-refractivity contribution in [1.29, 1.82) is 0 Å². The molecule has 2 unspecified atom stereocenters. The number of rotatable bonds is 4. The third-order valence-electron chi connectivity index (χ3n) is 4.84. The Labute approximate surface area is 156 Å². The molecular weight excluding hydrogens is 353 g/mol. The van der Waals surface area contributed by atoms with E-state index < -0.39 is 11.7 Å². The van der Waals surface area contributed by atoms with E-state index in [-0.39, 0.29) is 23.3 Å². The topological polar surface area (TPSA) is 41.5 Å². The van der Waals surface area contributed by atoms with Gasteiger partial charge in [0.2, 0.25) is 5.91 Å². The van der Waals surface area contributed by atoms with Crippen LogP contribution in [0.25, 0.3) is 0 Å². The first-order valence-corrected chi connectivity index (χ1v) is 8.82. The number of nitrogens with one attached hydrogen (secondary N) is 1. The normalized spacial score (nSPS) is 21.9. The van der Waals surface area contributed by atoms with E-state index in [1.54, 1.807) is 6.92 Å². The maximum atomic E-state index is 12.9. The number of allylic oxidation sites excluding steroid dienone is 6. The van der Waals surface area contributed by atoms with Gasteiger partial charge in [-0.15, -0.1) is 0 Å². The van der Waals surface area contributed by atoms with E-state index in [1.807, 2.05) is 18.2 Å². The number of hydrogen-bond donors (Lipinski definition) is 1. The molecule has 0 radical (unpaired) electrons. The van der Waals surface area contributed by atoms with Crippen molar-refractivity contribution < 1.29 is 18.0 Å². The molecule has 1 amide bonds. The minimum Gasteiger partial charge on any atom is -0.317 e. The first kappa shape index (κ1) is 19.1. The summed E-state index contributed by atoms with van der Waals surface area (Å²) in [5.74, 6) is 0.0297. The fourth-order valence-electron chi connectivity index (χ4n) is 3.24. The number of alkyl halides is 3. The molecule has 1 N–H and O–H groups in total. The van der Waals surface area contributed by atoms with Crippen molar-refractivity contribution in [2.45, 2.75) is 32.9 Å². The van der Waals surface area contributed by atoms with Crippen molar-refractivity contribution in [3.8, 4) is 0 Å². The maximum absolute atomic E-state index is 12.9. The molecule has 3 nitrogen and oxygen atoms in total. The minimum absolute atomic E-state index is 0.0825. The number of amides is 1. The molecule has 27 heavy (non-hydrogen) atoms. The van der Waals surface area contributed by atoms with Crippen molar-refractivity contribution >= 4 is 17.9 Å². The van der Waals surface area contributed by atoms with Gasteiger partial charge in [-0.05, 0) is 61.4 Å². The van der Waals surface area contributed by atoms with E-state index >= 15 is 0 Å². The third-order valence-corrected chi connectivity index (χ3v) is 4.84. The van der Waals surface area contributed by atoms with Gasteiger partial charge in [-0.1, -0.05) is 30.4 Å². The number of hydrogen-bond acceptors (Lipinski definition) is 2. The fourth-order valence-corrected chi connectivity index (χ4v) is 3.24. The number of benzene rings is 1. The highest BCUT2D eigenvalue weighted by molar-refractivity contribution is 5.92. The maximum Gasteiger partial charge on any atom is 0.416 e. The van der Waals surface area contributed by atoms with Gasteiger partial charge in [-0.2, -0.15) is 13.2 Å². The number of aliphatic imine (C=N–C) groups is 1. The SMILES string of the molecule is Cc1cc(C(F)(F)F)c(C)cc1N=CNC(=O)C1CC1C1=CCC=CC=C1. The van der Waals surface area contributed by atoms with Crippen molar-refractivity contribution in [2.24, 2.45) is 16.8 Å². The molecule has 0 aromatic heterocycles. The first-order valence-electron chi connectivity index (χ1n) is 8.82. The second-order valence-electron chi connectivity index (χ2n) is 6.89. The Morgan fingerprint density at radius 2 is 2.00 bits per heavy atom. The van der Waals surface area contributed by atoms with Crippen LogP contribution in [0.2, 0.25) is 0 Å². The third kappa shape index (κ3) is 4.56. The summed E-state index contributed by atoms with van der Waals surface area (Å²) in [5, 5.41) is 2.65. The quantitative estimate of drug-likeness (QED) is 0.573. The number of carbonyl (C=O) groups is 1. The van der Waals surface area contributed by atoms with Gasteiger partial charge in [0, 0.05) is 5.92 Å². The molecule has 0 spiro atoms. The number of aryl methyl sites for hydroxylation is 2. The number of halogens is 3. The molecular formula is C21H21F3N2O. The first-order chi connectivity index (χ1) is 12.8. The fraction of sp³-hybridized carbons (Fsp3) is 0.333. The molecule has 0 bridgehead atoms. The lowest BCUT2D eigenvalue weighted by molar-refractivity contribution is -0.138. The standard InChI is InChI=1S/C21H21F3N2O/c1-13-10-19(14(2)9-18(13)21(22,23)24)25-12-26-20(27)17-11-16(17)15-7-5-3-4-6-8-15/h3-5,7-10,12,16-17H,6,11H2,1-2H3,(H,25,26,27). The Morgan fingerprint density at radius 1 is 1.22 bits per heavy atom. The average Bonchev–Trinajstić information content (AvgIpc) is 3.39. The van der Waals surface area contributed by atoms with Gasteiger partial charge >= 0.3 is 6.18 Å². The van der Waals surface area contributed by atoms with Crippen LogP contribution in [0.15, 0.2) is 53.1 Å². The van der Waals surface area contributed by atoms with Gasteiger partial charge in [0.1, 0.15) is 0 Å². The summed E-state index contributed by atoms with van der Waals surface area (Å²) in [5.41, 5.74) is 1.43. The van der Waals surface area contributed by atoms with E-state index in [0.29, 0.717) is 11.3 Å². The minimum atomic E-state index is -4.39. The van der Waals surface area contributed by atoms with Crippen LogP contribution in [0.4, 0.5) is 18.9 Å². The Balaban J connectivity index is 1.61. The molecule has 1 aromatic rings. The predicted molar refractivity (Wildman–Crippen MR) is 99.8 cm³/mol. The zero-order chi connectivity index (χ0) is 19.6. The van der Waals surface area contributed by atoms with Gasteiger partial charge in [-0.3, -0.25) is 4.79 Å². The molecule has 2 aliphatic carbocycles. The second kappa shape index (κ2) is 7.55. The summed E-state index contributed by atoms with van der Waals surface area (Å²) in [6.07, 6.45) is 8.72. The molecule has 0 saturated heterocycles. The smallest absolute Gasteiger partial charge is 0.317 e. The van der Waals surface area contributed by atoms with E-state index in [1.165, 1.54) is 24.9 Å². The van der Waals surface area contributed by atoms with Gasteiger partial charge in [0.05, 0.1) is 17.6 Å². The van der Waals surface area contributed by atoms with Crippen LogP contribution in [0.1, 0.15) is 29.5 Å². The highest BCUT2D eigenvalue weighted by Crippen LogP contribution is 2.45. The van der Waals surface area contributed by atoms with Crippen LogP contribution < -0.4 is 5.32 Å². The molecule has 2 aliphatic rings. The Kier molecular flexibility index (Phi) is 5.35. The average molecular weight is 374 g/mol. The van der Waals surface area contributed by atoms with Crippen LogP contribution >= 0.6 is 0 Å². The van der Waals surface area contributed by atoms with Crippen molar-refractivity contribution in [2.75, 3.05) is 0 Å². The van der Waals surface area contributed by atoms with Crippen LogP contribution in [0.3, 0.4) is 0 Å². The summed E-state index contributed by atoms with van der Waals surface area (Å²) in [7, 11) is 0. The van der Waals surface area contributed by atoms with Gasteiger partial charge in [0.25, 0.3) is 0 Å². The Hall–Kier alpha value is -2.63. The van der Waals surface area contributed by atoms with E-state index in [2.05, 4.69) is 22.5 Å². The summed E-state index contributed by atoms with van der Waals surface area (Å²) < 4.78 is 38.8. The van der Waals surface area contributed by atoms with Crippen LogP contribution in [-0.4, -0.2) is 12.2 Å². The van der Waals surface area contributed by atoms with E-state index in [0.717, 1.165) is 18.9 Å². The molecule has 2 atom stereocenters. The summed E-state index contributed by atoms with van der Waals surface area (Å²) in [6.45, 7) is 2.97. The lowest BCUT2D eigenvalue weighted by atomic mass is 10.0. The molecule has 6 heteroatoms. The molecule has 1 fully saturated rings. The lowest BCUT2D eigenvalue weighted by Crippen LogP contribution is -2.24. The molecule has 1 aromatic carbocycles. The lowest BCUT2D eigenvalue weighted by Gasteiger charge is -2.12. The summed E-state index contributed by atoms with van der Waals surface area (Å²) >= 11 is 0. The zero-order valence-corrected chi connectivity index (χ0v) is 15.2. The highest BCUT2D eigenvalue weighted by atomic mass is 19.4. The van der Waals surface area contributed by atoms with Crippen molar-refractivity contribution in [3.05, 3.63) is 64.8 Å². The van der Waals surface area contributed by atoms with Crippen LogP contribution in [0, 0.1) is 25.7 Å². The number of carbonyl (C=O) groups excluding carboxylic acids is 1.